The molecule has 0 bridgehead atoms. The second kappa shape index (κ2) is 9.47. The number of nitrogens with one attached hydrogen (secondary N) is 1. The molecule has 3 heterocycles. The highest BCUT2D eigenvalue weighted by Gasteiger charge is 2.34. The lowest BCUT2D eigenvalue weighted by atomic mass is 10.00. The first-order chi connectivity index (χ1) is 17.3. The lowest BCUT2D eigenvalue weighted by molar-refractivity contribution is -0.113. The van der Waals surface area contributed by atoms with Crippen LogP contribution in [0.5, 0.6) is 0 Å². The molecule has 1 atom stereocenters. The van der Waals surface area contributed by atoms with E-state index >= 15 is 0 Å². The third-order valence-electron chi connectivity index (χ3n) is 6.04. The summed E-state index contributed by atoms with van der Waals surface area (Å²) in [4.78, 5) is 34.4. The molecular formula is C28H26N4O3S. The van der Waals surface area contributed by atoms with Crippen molar-refractivity contribution in [2.24, 2.45) is 4.99 Å². The van der Waals surface area contributed by atoms with Gasteiger partial charge in [0.15, 0.2) is 4.80 Å². The average Bonchev–Trinajstić information content (AvgIpc) is 3.42. The fourth-order valence-electron chi connectivity index (χ4n) is 4.22. The Bertz CT molecular complexity index is 1640. The van der Waals surface area contributed by atoms with Crippen molar-refractivity contribution < 1.29 is 9.21 Å². The molecule has 5 rings (SSSR count). The van der Waals surface area contributed by atoms with Gasteiger partial charge in [-0.1, -0.05) is 41.7 Å². The molecule has 8 heteroatoms. The minimum absolute atomic E-state index is 0.216. The Balaban J connectivity index is 1.63. The molecule has 1 amide bonds. The predicted octanol–water partition coefficient (Wildman–Crippen LogP) is 3.84. The van der Waals surface area contributed by atoms with Gasteiger partial charge in [0.05, 0.1) is 15.8 Å². The van der Waals surface area contributed by atoms with Crippen molar-refractivity contribution in [1.82, 2.24) is 4.57 Å². The maximum atomic E-state index is 13.7. The second-order valence-electron chi connectivity index (χ2n) is 8.84. The van der Waals surface area contributed by atoms with E-state index in [1.54, 1.807) is 11.5 Å². The van der Waals surface area contributed by atoms with Crippen LogP contribution in [0.3, 0.4) is 0 Å². The number of allylic oxidation sites excluding steroid dienone is 1. The molecule has 0 aliphatic carbocycles. The van der Waals surface area contributed by atoms with Crippen molar-refractivity contribution in [1.29, 1.82) is 0 Å². The van der Waals surface area contributed by atoms with Crippen molar-refractivity contribution in [2.45, 2.75) is 19.9 Å². The molecular weight excluding hydrogens is 472 g/mol. The van der Waals surface area contributed by atoms with Crippen molar-refractivity contribution in [3.63, 3.8) is 0 Å². The van der Waals surface area contributed by atoms with Crippen LogP contribution in [0.4, 0.5) is 11.4 Å². The highest BCUT2D eigenvalue weighted by Crippen LogP contribution is 2.31. The Morgan fingerprint density at radius 1 is 1.06 bits per heavy atom. The van der Waals surface area contributed by atoms with Crippen LogP contribution in [0, 0.1) is 6.92 Å². The van der Waals surface area contributed by atoms with Gasteiger partial charge >= 0.3 is 0 Å². The quantitative estimate of drug-likeness (QED) is 0.454. The summed E-state index contributed by atoms with van der Waals surface area (Å²) in [5.74, 6) is 0.892. The molecule has 0 radical (unpaired) electrons. The molecule has 1 N–H and O–H groups in total. The van der Waals surface area contributed by atoms with E-state index in [-0.39, 0.29) is 11.5 Å². The van der Waals surface area contributed by atoms with Gasteiger partial charge in [-0.2, -0.15) is 0 Å². The lowest BCUT2D eigenvalue weighted by Crippen LogP contribution is -2.40. The SMILES string of the molecule is CC1=C(C(=O)Nc2ccccc2)C(c2ccc(C)o2)n2c(s/c(=C/c3ccc(N(C)C)cc3)c2=O)=N1. The fourth-order valence-corrected chi connectivity index (χ4v) is 5.27. The van der Waals surface area contributed by atoms with Crippen LogP contribution < -0.4 is 25.1 Å². The zero-order valence-electron chi connectivity index (χ0n) is 20.5. The third-order valence-corrected chi connectivity index (χ3v) is 7.02. The van der Waals surface area contributed by atoms with Gasteiger partial charge in [-0.05, 0) is 61.9 Å². The van der Waals surface area contributed by atoms with E-state index in [9.17, 15) is 9.59 Å². The predicted molar refractivity (Wildman–Crippen MR) is 143 cm³/mol. The first kappa shape index (κ1) is 23.6. The van der Waals surface area contributed by atoms with Gasteiger partial charge in [0, 0.05) is 25.5 Å². The van der Waals surface area contributed by atoms with E-state index < -0.39 is 6.04 Å². The number of nitrogens with zero attached hydrogens (tertiary/aromatic N) is 3. The monoisotopic (exact) mass is 498 g/mol. The number of aryl methyl sites for hydroxylation is 1. The van der Waals surface area contributed by atoms with E-state index in [0.29, 0.717) is 37.8 Å². The maximum absolute atomic E-state index is 13.7. The van der Waals surface area contributed by atoms with Crippen LogP contribution in [0.15, 0.2) is 92.2 Å². The number of carbonyl (C=O) groups excluding carboxylic acids is 1. The van der Waals surface area contributed by atoms with E-state index in [1.807, 2.05) is 98.7 Å². The minimum Gasteiger partial charge on any atom is -0.464 e. The second-order valence-corrected chi connectivity index (χ2v) is 9.85. The fraction of sp³-hybridized carbons (Fsp3) is 0.179. The number of hydrogen-bond donors (Lipinski definition) is 1. The van der Waals surface area contributed by atoms with Crippen molar-refractivity contribution in [3.05, 3.63) is 115 Å². The summed E-state index contributed by atoms with van der Waals surface area (Å²) in [6.45, 7) is 3.63. The topological polar surface area (TPSA) is 79.8 Å². The summed E-state index contributed by atoms with van der Waals surface area (Å²) in [7, 11) is 3.97. The molecule has 7 nitrogen and oxygen atoms in total. The normalized spacial score (nSPS) is 15.4. The van der Waals surface area contributed by atoms with Gasteiger partial charge in [0.1, 0.15) is 17.6 Å². The zero-order chi connectivity index (χ0) is 25.4. The number of para-hydroxylation sites is 1. The Hall–Kier alpha value is -4.17. The molecule has 4 aromatic rings. The van der Waals surface area contributed by atoms with Crippen LogP contribution in [0.1, 0.15) is 30.0 Å². The number of carbonyl (C=O) groups is 1. The largest absolute Gasteiger partial charge is 0.464 e. The molecule has 2 aromatic carbocycles. The third kappa shape index (κ3) is 4.43. The maximum Gasteiger partial charge on any atom is 0.271 e. The molecule has 36 heavy (non-hydrogen) atoms. The number of amides is 1. The zero-order valence-corrected chi connectivity index (χ0v) is 21.3. The van der Waals surface area contributed by atoms with Crippen LogP contribution >= 0.6 is 11.3 Å². The molecule has 1 aliphatic heterocycles. The van der Waals surface area contributed by atoms with Crippen molar-refractivity contribution in [2.75, 3.05) is 24.3 Å². The number of fused-ring (bicyclic) bond motifs is 1. The first-order valence-electron chi connectivity index (χ1n) is 11.5. The number of aromatic nitrogens is 1. The number of furan rings is 1. The van der Waals surface area contributed by atoms with Gasteiger partial charge in [0.25, 0.3) is 11.5 Å². The number of rotatable bonds is 5. The van der Waals surface area contributed by atoms with Crippen LogP contribution in [0.25, 0.3) is 6.08 Å². The van der Waals surface area contributed by atoms with Crippen molar-refractivity contribution >= 4 is 34.7 Å². The van der Waals surface area contributed by atoms with E-state index in [0.717, 1.165) is 11.3 Å². The van der Waals surface area contributed by atoms with E-state index in [2.05, 4.69) is 10.3 Å². The van der Waals surface area contributed by atoms with Crippen LogP contribution in [-0.4, -0.2) is 24.6 Å². The summed E-state index contributed by atoms with van der Waals surface area (Å²) in [5.41, 5.74) is 3.36. The molecule has 2 aromatic heterocycles. The van der Waals surface area contributed by atoms with E-state index in [4.69, 9.17) is 4.42 Å². The van der Waals surface area contributed by atoms with E-state index in [1.165, 1.54) is 11.3 Å². The molecule has 0 saturated carbocycles. The summed E-state index contributed by atoms with van der Waals surface area (Å²) in [6.07, 6.45) is 1.86. The van der Waals surface area contributed by atoms with Crippen molar-refractivity contribution in [3.8, 4) is 0 Å². The van der Waals surface area contributed by atoms with Crippen LogP contribution in [-0.2, 0) is 4.79 Å². The lowest BCUT2D eigenvalue weighted by Gasteiger charge is -2.23. The number of benzene rings is 2. The minimum atomic E-state index is -0.725. The first-order valence-corrected chi connectivity index (χ1v) is 12.4. The van der Waals surface area contributed by atoms with Gasteiger partial charge in [-0.15, -0.1) is 0 Å². The Morgan fingerprint density at radius 3 is 2.42 bits per heavy atom. The summed E-state index contributed by atoms with van der Waals surface area (Å²) < 4.78 is 8.06. The number of hydrogen-bond acceptors (Lipinski definition) is 6. The highest BCUT2D eigenvalue weighted by atomic mass is 32.1. The molecule has 0 saturated heterocycles. The Kier molecular flexibility index (Phi) is 6.20. The number of thiazole rings is 1. The molecule has 1 unspecified atom stereocenters. The van der Waals surface area contributed by atoms with Gasteiger partial charge in [0.2, 0.25) is 0 Å². The number of anilines is 2. The Morgan fingerprint density at radius 2 is 1.78 bits per heavy atom. The van der Waals surface area contributed by atoms with Gasteiger partial charge in [-0.25, -0.2) is 4.99 Å². The van der Waals surface area contributed by atoms with Crippen LogP contribution in [0.2, 0.25) is 0 Å². The van der Waals surface area contributed by atoms with Gasteiger partial charge < -0.3 is 14.6 Å². The molecule has 182 valence electrons. The summed E-state index contributed by atoms with van der Waals surface area (Å²) in [6, 6.07) is 20.1. The highest BCUT2D eigenvalue weighted by molar-refractivity contribution is 7.07. The molecule has 0 spiro atoms. The smallest absolute Gasteiger partial charge is 0.271 e. The molecule has 1 aliphatic rings. The standard InChI is InChI=1S/C28H26N4O3S/c1-17-10-15-22(35-17)25-24(26(33)30-20-8-6-5-7-9-20)18(2)29-28-32(25)27(34)23(36-28)16-19-11-13-21(14-12-19)31(3)4/h5-16,25H,1-4H3,(H,30,33)/b23-16+. The summed E-state index contributed by atoms with van der Waals surface area (Å²) in [5, 5.41) is 2.94. The van der Waals surface area contributed by atoms with Gasteiger partial charge in [-0.3, -0.25) is 14.2 Å². The average molecular weight is 499 g/mol. The molecule has 0 fully saturated rings. The summed E-state index contributed by atoms with van der Waals surface area (Å²) >= 11 is 1.30. The Labute approximate surface area is 212 Å².